The molecule has 0 aliphatic heterocycles. The van der Waals surface area contributed by atoms with E-state index < -0.39 is 23.8 Å². The van der Waals surface area contributed by atoms with Gasteiger partial charge in [-0.3, -0.25) is 9.59 Å². The van der Waals surface area contributed by atoms with Crippen LogP contribution in [0.2, 0.25) is 0 Å². The Morgan fingerprint density at radius 2 is 1.88 bits per heavy atom. The van der Waals surface area contributed by atoms with Crippen LogP contribution in [0.3, 0.4) is 0 Å². The molecule has 8 heteroatoms. The molecule has 0 fully saturated rings. The lowest BCUT2D eigenvalue weighted by Gasteiger charge is -2.15. The van der Waals surface area contributed by atoms with Gasteiger partial charge in [-0.1, -0.05) is 6.07 Å². The third-order valence-corrected chi connectivity index (χ3v) is 3.18. The standard InChI is InChI=1S/C16H15F3N2O3/c1-10(15(23)21-9-11-2-7-14(22)20-8-11)24-13-5-3-12(4-6-13)16(17,18)19/h2-8,10H,9H2,1H3,(H,20,22)(H,21,23)/t10-/m1/s1. The van der Waals surface area contributed by atoms with Gasteiger partial charge in [0, 0.05) is 18.8 Å². The number of amides is 1. The summed E-state index contributed by atoms with van der Waals surface area (Å²) in [6.45, 7) is 1.68. The predicted molar refractivity (Wildman–Crippen MR) is 80.4 cm³/mol. The van der Waals surface area contributed by atoms with E-state index >= 15 is 0 Å². The fourth-order valence-electron chi connectivity index (χ4n) is 1.87. The van der Waals surface area contributed by atoms with E-state index in [2.05, 4.69) is 10.3 Å². The Kier molecular flexibility index (Phi) is 5.28. The van der Waals surface area contributed by atoms with Gasteiger partial charge < -0.3 is 15.0 Å². The van der Waals surface area contributed by atoms with Gasteiger partial charge in [0.05, 0.1) is 5.56 Å². The molecule has 0 bridgehead atoms. The summed E-state index contributed by atoms with van der Waals surface area (Å²) < 4.78 is 42.7. The van der Waals surface area contributed by atoms with Crippen LogP contribution in [0.4, 0.5) is 13.2 Å². The highest BCUT2D eigenvalue weighted by Gasteiger charge is 2.30. The Labute approximate surface area is 135 Å². The molecule has 0 saturated carbocycles. The average molecular weight is 340 g/mol. The van der Waals surface area contributed by atoms with Crippen molar-refractivity contribution in [2.75, 3.05) is 0 Å². The van der Waals surface area contributed by atoms with Crippen molar-refractivity contribution in [1.82, 2.24) is 10.3 Å². The zero-order chi connectivity index (χ0) is 17.7. The molecule has 0 unspecified atom stereocenters. The first kappa shape index (κ1) is 17.6. The number of carbonyl (C=O) groups is 1. The Hall–Kier alpha value is -2.77. The third-order valence-electron chi connectivity index (χ3n) is 3.18. The van der Waals surface area contributed by atoms with Crippen molar-refractivity contribution in [2.24, 2.45) is 0 Å². The van der Waals surface area contributed by atoms with Crippen molar-refractivity contribution in [1.29, 1.82) is 0 Å². The number of rotatable bonds is 5. The highest BCUT2D eigenvalue weighted by molar-refractivity contribution is 5.80. The van der Waals surface area contributed by atoms with Crippen LogP contribution in [-0.4, -0.2) is 17.0 Å². The molecule has 2 aromatic rings. The molecule has 0 aliphatic carbocycles. The summed E-state index contributed by atoms with van der Waals surface area (Å²) in [5.74, 6) is -0.268. The number of nitrogens with one attached hydrogen (secondary N) is 2. The van der Waals surface area contributed by atoms with Crippen LogP contribution in [-0.2, 0) is 17.5 Å². The number of hydrogen-bond donors (Lipinski definition) is 2. The SMILES string of the molecule is C[C@@H](Oc1ccc(C(F)(F)F)cc1)C(=O)NCc1ccc(=O)[nH]c1. The van der Waals surface area contributed by atoms with E-state index in [0.717, 1.165) is 24.3 Å². The molecule has 5 nitrogen and oxygen atoms in total. The summed E-state index contributed by atoms with van der Waals surface area (Å²) >= 11 is 0. The van der Waals surface area contributed by atoms with Crippen LogP contribution >= 0.6 is 0 Å². The molecule has 0 spiro atoms. The molecule has 2 rings (SSSR count). The second-order valence-electron chi connectivity index (χ2n) is 5.06. The normalized spacial score (nSPS) is 12.5. The van der Waals surface area contributed by atoms with Crippen molar-refractivity contribution >= 4 is 5.91 Å². The quantitative estimate of drug-likeness (QED) is 0.878. The summed E-state index contributed by atoms with van der Waals surface area (Å²) in [5, 5.41) is 2.61. The first-order valence-corrected chi connectivity index (χ1v) is 7.05. The van der Waals surface area contributed by atoms with E-state index in [1.807, 2.05) is 0 Å². The summed E-state index contributed by atoms with van der Waals surface area (Å²) in [7, 11) is 0. The van der Waals surface area contributed by atoms with E-state index in [4.69, 9.17) is 4.74 Å². The van der Waals surface area contributed by atoms with E-state index in [1.165, 1.54) is 19.2 Å². The Morgan fingerprint density at radius 3 is 2.42 bits per heavy atom. The summed E-state index contributed by atoms with van der Waals surface area (Å²) in [6.07, 6.45) is -3.83. The van der Waals surface area contributed by atoms with Crippen LogP contribution in [0.25, 0.3) is 0 Å². The fourth-order valence-corrected chi connectivity index (χ4v) is 1.87. The maximum absolute atomic E-state index is 12.5. The van der Waals surface area contributed by atoms with E-state index in [9.17, 15) is 22.8 Å². The zero-order valence-electron chi connectivity index (χ0n) is 12.7. The van der Waals surface area contributed by atoms with Gasteiger partial charge in [0.25, 0.3) is 5.91 Å². The van der Waals surface area contributed by atoms with E-state index in [1.54, 1.807) is 6.07 Å². The van der Waals surface area contributed by atoms with Crippen LogP contribution in [0, 0.1) is 0 Å². The Balaban J connectivity index is 1.89. The van der Waals surface area contributed by atoms with Crippen molar-refractivity contribution < 1.29 is 22.7 Å². The minimum absolute atomic E-state index is 0.162. The second kappa shape index (κ2) is 7.20. The van der Waals surface area contributed by atoms with Gasteiger partial charge >= 0.3 is 6.18 Å². The number of ether oxygens (including phenoxy) is 1. The fraction of sp³-hybridized carbons (Fsp3) is 0.250. The van der Waals surface area contributed by atoms with E-state index in [0.29, 0.717) is 5.56 Å². The molecular weight excluding hydrogens is 325 g/mol. The maximum atomic E-state index is 12.5. The van der Waals surface area contributed by atoms with Gasteiger partial charge in [0.1, 0.15) is 5.75 Å². The topological polar surface area (TPSA) is 71.2 Å². The number of benzene rings is 1. The van der Waals surface area contributed by atoms with Gasteiger partial charge in [-0.15, -0.1) is 0 Å². The number of carbonyl (C=O) groups excluding carboxylic acids is 1. The number of aromatic amines is 1. The van der Waals surface area contributed by atoms with Crippen LogP contribution in [0.1, 0.15) is 18.1 Å². The Morgan fingerprint density at radius 1 is 1.21 bits per heavy atom. The predicted octanol–water partition coefficient (Wildman–Crippen LogP) is 2.48. The minimum Gasteiger partial charge on any atom is -0.481 e. The molecule has 1 amide bonds. The van der Waals surface area contributed by atoms with Gasteiger partial charge in [0.2, 0.25) is 5.56 Å². The van der Waals surface area contributed by atoms with Crippen LogP contribution < -0.4 is 15.6 Å². The van der Waals surface area contributed by atoms with Crippen molar-refractivity contribution in [3.63, 3.8) is 0 Å². The number of alkyl halides is 3. The molecule has 1 heterocycles. The summed E-state index contributed by atoms with van der Waals surface area (Å²) in [4.78, 5) is 25.3. The number of pyridine rings is 1. The molecule has 0 radical (unpaired) electrons. The molecule has 0 aliphatic rings. The largest absolute Gasteiger partial charge is 0.481 e. The minimum atomic E-state index is -4.42. The lowest BCUT2D eigenvalue weighted by molar-refractivity contribution is -0.137. The second-order valence-corrected chi connectivity index (χ2v) is 5.06. The van der Waals surface area contributed by atoms with Gasteiger partial charge in [-0.2, -0.15) is 13.2 Å². The molecule has 1 aromatic carbocycles. The highest BCUT2D eigenvalue weighted by Crippen LogP contribution is 2.30. The van der Waals surface area contributed by atoms with Crippen molar-refractivity contribution in [3.05, 3.63) is 64.1 Å². The smallest absolute Gasteiger partial charge is 0.416 e. The number of aromatic nitrogens is 1. The van der Waals surface area contributed by atoms with Gasteiger partial charge in [0.15, 0.2) is 6.10 Å². The summed E-state index contributed by atoms with van der Waals surface area (Å²) in [6, 6.07) is 7.01. The molecule has 24 heavy (non-hydrogen) atoms. The number of hydrogen-bond acceptors (Lipinski definition) is 3. The first-order valence-electron chi connectivity index (χ1n) is 7.05. The molecule has 128 valence electrons. The number of halogens is 3. The molecular formula is C16H15F3N2O3. The number of H-pyrrole nitrogens is 1. The highest BCUT2D eigenvalue weighted by atomic mass is 19.4. The molecule has 1 atom stereocenters. The van der Waals surface area contributed by atoms with Crippen LogP contribution in [0.15, 0.2) is 47.4 Å². The monoisotopic (exact) mass is 340 g/mol. The lowest BCUT2D eigenvalue weighted by Crippen LogP contribution is -2.36. The third kappa shape index (κ3) is 4.87. The van der Waals surface area contributed by atoms with Crippen LogP contribution in [0.5, 0.6) is 5.75 Å². The van der Waals surface area contributed by atoms with E-state index in [-0.39, 0.29) is 17.9 Å². The zero-order valence-corrected chi connectivity index (χ0v) is 12.7. The summed E-state index contributed by atoms with van der Waals surface area (Å²) in [5.41, 5.74) is -0.334. The average Bonchev–Trinajstić information content (AvgIpc) is 2.53. The lowest BCUT2D eigenvalue weighted by atomic mass is 10.2. The first-order chi connectivity index (χ1) is 11.3. The Bertz CT molecular complexity index is 734. The van der Waals surface area contributed by atoms with Crippen molar-refractivity contribution in [2.45, 2.75) is 25.7 Å². The van der Waals surface area contributed by atoms with Gasteiger partial charge in [-0.05, 0) is 36.8 Å². The molecule has 0 saturated heterocycles. The molecule has 2 N–H and O–H groups in total. The van der Waals surface area contributed by atoms with Crippen molar-refractivity contribution in [3.8, 4) is 5.75 Å². The molecule has 1 aromatic heterocycles. The maximum Gasteiger partial charge on any atom is 0.416 e. The van der Waals surface area contributed by atoms with Gasteiger partial charge in [-0.25, -0.2) is 0 Å².